The summed E-state index contributed by atoms with van der Waals surface area (Å²) in [7, 11) is 0. The molecule has 0 amide bonds. The molecule has 4 nitrogen and oxygen atoms in total. The first kappa shape index (κ1) is 8.93. The molecule has 4 N–H and O–H groups in total. The molecule has 66 valence electrons. The zero-order valence-corrected chi connectivity index (χ0v) is 6.57. The van der Waals surface area contributed by atoms with Gasteiger partial charge in [-0.3, -0.25) is 0 Å². The maximum absolute atomic E-state index is 9.35. The highest BCUT2D eigenvalue weighted by molar-refractivity contribution is 4.89. The van der Waals surface area contributed by atoms with Crippen LogP contribution in [-0.2, 0) is 0 Å². The molecule has 1 fully saturated rings. The summed E-state index contributed by atoms with van der Waals surface area (Å²) in [5.74, 6) is -0.0938. The molecule has 0 radical (unpaired) electrons. The van der Waals surface area contributed by atoms with Gasteiger partial charge in [-0.15, -0.1) is 0 Å². The Kier molecular flexibility index (Phi) is 2.84. The Morgan fingerprint density at radius 2 is 2.09 bits per heavy atom. The second kappa shape index (κ2) is 3.49. The van der Waals surface area contributed by atoms with Crippen molar-refractivity contribution in [2.24, 2.45) is 5.92 Å². The molecule has 0 aromatic heterocycles. The topological polar surface area (TPSA) is 72.7 Å². The van der Waals surface area contributed by atoms with Gasteiger partial charge in [-0.05, 0) is 0 Å². The van der Waals surface area contributed by atoms with Crippen LogP contribution in [0.3, 0.4) is 0 Å². The van der Waals surface area contributed by atoms with Crippen LogP contribution in [-0.4, -0.2) is 46.7 Å². The fraction of sp³-hybridized carbons (Fsp3) is 1.00. The van der Waals surface area contributed by atoms with Crippen LogP contribution in [0.1, 0.15) is 6.92 Å². The predicted molar refractivity (Wildman–Crippen MR) is 40.1 cm³/mol. The standard InChI is InChI=1S/C7H15NO3/c1-4-5(3-9)8-2-6(10)7(4)11/h4-11H,2-3H2,1H3/t4-,5-,6-,7-/m1/s1. The maximum Gasteiger partial charge on any atom is 0.0926 e. The van der Waals surface area contributed by atoms with Crippen LogP contribution in [0.2, 0.25) is 0 Å². The van der Waals surface area contributed by atoms with Gasteiger partial charge < -0.3 is 20.6 Å². The zero-order valence-electron chi connectivity index (χ0n) is 6.57. The highest BCUT2D eigenvalue weighted by atomic mass is 16.3. The van der Waals surface area contributed by atoms with Crippen LogP contribution >= 0.6 is 0 Å². The van der Waals surface area contributed by atoms with Crippen LogP contribution in [0.4, 0.5) is 0 Å². The highest BCUT2D eigenvalue weighted by Gasteiger charge is 2.33. The molecular weight excluding hydrogens is 146 g/mol. The van der Waals surface area contributed by atoms with Crippen molar-refractivity contribution in [3.05, 3.63) is 0 Å². The summed E-state index contributed by atoms with van der Waals surface area (Å²) in [6, 6.07) is -0.0894. The number of rotatable bonds is 1. The molecule has 0 aromatic carbocycles. The number of aliphatic hydroxyl groups is 3. The Morgan fingerprint density at radius 3 is 2.64 bits per heavy atom. The van der Waals surface area contributed by atoms with E-state index >= 15 is 0 Å². The molecule has 0 bridgehead atoms. The van der Waals surface area contributed by atoms with Gasteiger partial charge in [0.15, 0.2) is 0 Å². The van der Waals surface area contributed by atoms with E-state index in [-0.39, 0.29) is 18.6 Å². The predicted octanol–water partition coefficient (Wildman–Crippen LogP) is -1.69. The van der Waals surface area contributed by atoms with Crippen LogP contribution < -0.4 is 5.32 Å². The van der Waals surface area contributed by atoms with E-state index < -0.39 is 12.2 Å². The monoisotopic (exact) mass is 161 g/mol. The van der Waals surface area contributed by atoms with Crippen molar-refractivity contribution in [3.63, 3.8) is 0 Å². The van der Waals surface area contributed by atoms with Gasteiger partial charge in [0.2, 0.25) is 0 Å². The van der Waals surface area contributed by atoms with E-state index in [9.17, 15) is 5.11 Å². The van der Waals surface area contributed by atoms with Crippen LogP contribution in [0.15, 0.2) is 0 Å². The highest BCUT2D eigenvalue weighted by Crippen LogP contribution is 2.16. The van der Waals surface area contributed by atoms with Crippen LogP contribution in [0.25, 0.3) is 0 Å². The van der Waals surface area contributed by atoms with Gasteiger partial charge in [-0.2, -0.15) is 0 Å². The average molecular weight is 161 g/mol. The van der Waals surface area contributed by atoms with E-state index in [1.165, 1.54) is 0 Å². The number of nitrogens with one attached hydrogen (secondary N) is 1. The van der Waals surface area contributed by atoms with Gasteiger partial charge >= 0.3 is 0 Å². The van der Waals surface area contributed by atoms with Crippen molar-refractivity contribution in [2.45, 2.75) is 25.2 Å². The van der Waals surface area contributed by atoms with Gasteiger partial charge in [0, 0.05) is 18.5 Å². The summed E-state index contributed by atoms with van der Waals surface area (Å²) in [5, 5.41) is 30.3. The third-order valence-corrected chi connectivity index (χ3v) is 2.35. The molecule has 1 aliphatic heterocycles. The summed E-state index contributed by atoms with van der Waals surface area (Å²) in [4.78, 5) is 0. The van der Waals surface area contributed by atoms with Crippen molar-refractivity contribution in [1.82, 2.24) is 5.32 Å². The first-order valence-corrected chi connectivity index (χ1v) is 3.87. The Morgan fingerprint density at radius 1 is 1.45 bits per heavy atom. The van der Waals surface area contributed by atoms with Crippen molar-refractivity contribution < 1.29 is 15.3 Å². The van der Waals surface area contributed by atoms with E-state index in [1.54, 1.807) is 6.92 Å². The molecule has 1 rings (SSSR count). The molecule has 0 spiro atoms. The molecule has 0 aliphatic carbocycles. The molecule has 0 unspecified atom stereocenters. The number of piperidine rings is 1. The SMILES string of the molecule is C[C@H]1[C@@H](O)[C@H](O)CN[C@@H]1CO. The Balaban J connectivity index is 2.52. The molecule has 0 saturated carbocycles. The lowest BCUT2D eigenvalue weighted by atomic mass is 9.89. The maximum atomic E-state index is 9.35. The van der Waals surface area contributed by atoms with Crippen molar-refractivity contribution >= 4 is 0 Å². The van der Waals surface area contributed by atoms with E-state index in [0.29, 0.717) is 6.54 Å². The normalized spacial score (nSPS) is 45.8. The smallest absolute Gasteiger partial charge is 0.0926 e. The second-order valence-electron chi connectivity index (χ2n) is 3.11. The average Bonchev–Trinajstić information content (AvgIpc) is 2.01. The molecule has 4 heteroatoms. The van der Waals surface area contributed by atoms with Gasteiger partial charge in [0.25, 0.3) is 0 Å². The minimum Gasteiger partial charge on any atom is -0.395 e. The van der Waals surface area contributed by atoms with E-state index in [2.05, 4.69) is 5.32 Å². The fourth-order valence-corrected chi connectivity index (χ4v) is 1.40. The van der Waals surface area contributed by atoms with E-state index in [4.69, 9.17) is 10.2 Å². The second-order valence-corrected chi connectivity index (χ2v) is 3.11. The number of aliphatic hydroxyl groups excluding tert-OH is 3. The Bertz CT molecular complexity index is 129. The molecular formula is C7H15NO3. The summed E-state index contributed by atoms with van der Waals surface area (Å²) in [5.41, 5.74) is 0. The van der Waals surface area contributed by atoms with Crippen molar-refractivity contribution in [3.8, 4) is 0 Å². The van der Waals surface area contributed by atoms with Gasteiger partial charge in [-0.25, -0.2) is 0 Å². The quantitative estimate of drug-likeness (QED) is 0.370. The van der Waals surface area contributed by atoms with Gasteiger partial charge in [0.1, 0.15) is 0 Å². The minimum atomic E-state index is -0.714. The fourth-order valence-electron chi connectivity index (χ4n) is 1.40. The zero-order chi connectivity index (χ0) is 8.43. The number of hydrogen-bond donors (Lipinski definition) is 4. The number of β-amino-alcohol motifs (C(OH)–C–C–N with tert-alkyl or cyclic N) is 1. The van der Waals surface area contributed by atoms with Crippen molar-refractivity contribution in [1.29, 1.82) is 0 Å². The van der Waals surface area contributed by atoms with Gasteiger partial charge in [-0.1, -0.05) is 6.92 Å². The van der Waals surface area contributed by atoms with Crippen molar-refractivity contribution in [2.75, 3.05) is 13.2 Å². The molecule has 11 heavy (non-hydrogen) atoms. The Hall–Kier alpha value is -0.160. The Labute approximate surface area is 65.9 Å². The first-order chi connectivity index (χ1) is 5.16. The summed E-state index contributed by atoms with van der Waals surface area (Å²) in [6.07, 6.45) is -1.42. The molecule has 1 heterocycles. The molecule has 4 atom stereocenters. The van der Waals surface area contributed by atoms with Crippen LogP contribution in [0, 0.1) is 5.92 Å². The largest absolute Gasteiger partial charge is 0.395 e. The molecule has 1 saturated heterocycles. The van der Waals surface area contributed by atoms with Crippen LogP contribution in [0.5, 0.6) is 0 Å². The lowest BCUT2D eigenvalue weighted by Gasteiger charge is -2.36. The van der Waals surface area contributed by atoms with E-state index in [0.717, 1.165) is 0 Å². The number of hydrogen-bond acceptors (Lipinski definition) is 4. The lowest BCUT2D eigenvalue weighted by Crippen LogP contribution is -2.56. The first-order valence-electron chi connectivity index (χ1n) is 3.87. The third kappa shape index (κ3) is 1.70. The molecule has 0 aromatic rings. The minimum absolute atomic E-state index is 0.00491. The third-order valence-electron chi connectivity index (χ3n) is 2.35. The van der Waals surface area contributed by atoms with E-state index in [1.807, 2.05) is 0 Å². The van der Waals surface area contributed by atoms with Gasteiger partial charge in [0.05, 0.1) is 18.8 Å². The summed E-state index contributed by atoms with van der Waals surface area (Å²) >= 11 is 0. The lowest BCUT2D eigenvalue weighted by molar-refractivity contribution is -0.0531. The summed E-state index contributed by atoms with van der Waals surface area (Å²) in [6.45, 7) is 2.17. The molecule has 1 aliphatic rings. The summed E-state index contributed by atoms with van der Waals surface area (Å²) < 4.78 is 0.